The van der Waals surface area contributed by atoms with E-state index in [1.54, 1.807) is 19.9 Å². The molecule has 0 aliphatic rings. The van der Waals surface area contributed by atoms with Crippen LogP contribution >= 0.6 is 0 Å². The molecular weight excluding hydrogens is 776 g/mol. The molecule has 0 radical (unpaired) electrons. The van der Waals surface area contributed by atoms with Crippen molar-refractivity contribution < 1.29 is 71.4 Å². The highest BCUT2D eigenvalue weighted by molar-refractivity contribution is 6.03. The molecule has 0 unspecified atom stereocenters. The van der Waals surface area contributed by atoms with Crippen LogP contribution in [-0.4, -0.2) is 74.4 Å². The van der Waals surface area contributed by atoms with Gasteiger partial charge in [0.05, 0.1) is 13.7 Å². The van der Waals surface area contributed by atoms with Crippen molar-refractivity contribution in [1.29, 1.82) is 0 Å². The number of carboxylic acids is 2. The van der Waals surface area contributed by atoms with Crippen LogP contribution in [-0.2, 0) is 14.3 Å². The Hall–Kier alpha value is -7.54. The van der Waals surface area contributed by atoms with Gasteiger partial charge in [-0.1, -0.05) is 0 Å². The Kier molecular flexibility index (Phi) is 14.1. The van der Waals surface area contributed by atoms with Crippen LogP contribution in [0.15, 0.2) is 72.8 Å². The van der Waals surface area contributed by atoms with Gasteiger partial charge in [-0.2, -0.15) is 0 Å². The van der Waals surface area contributed by atoms with Gasteiger partial charge >= 0.3 is 17.9 Å². The molecule has 0 aliphatic carbocycles. The smallest absolute Gasteiger partial charge is 0.360 e. The van der Waals surface area contributed by atoms with Crippen molar-refractivity contribution in [2.45, 2.75) is 13.8 Å². The molecule has 6 rings (SSSR count). The molecule has 2 heterocycles. The number of hydrogen-bond donors (Lipinski definition) is 6. The third-order valence-electron chi connectivity index (χ3n) is 7.59. The van der Waals surface area contributed by atoms with Gasteiger partial charge in [-0.15, -0.1) is 0 Å². The monoisotopic (exact) mass is 808 g/mol. The highest BCUT2D eigenvalue weighted by atomic mass is 19.1. The minimum atomic E-state index is -1.24. The minimum absolute atomic E-state index is 0.00198. The van der Waals surface area contributed by atoms with E-state index in [-0.39, 0.29) is 46.3 Å². The number of esters is 1. The number of nitrogens with one attached hydrogen (secondary N) is 1. The molecule has 1 amide bonds. The van der Waals surface area contributed by atoms with Gasteiger partial charge in [0.15, 0.2) is 22.9 Å². The number of nitrogens with zero attached hydrogens (tertiary/aromatic N) is 2. The summed E-state index contributed by atoms with van der Waals surface area (Å²) in [4.78, 5) is 51.6. The lowest BCUT2D eigenvalue weighted by Gasteiger charge is -2.12. The first-order valence-electron chi connectivity index (χ1n) is 16.4. The number of aromatic nitrogens is 2. The Balaban J connectivity index is 0.000000231. The molecule has 6 aromatic rings. The Morgan fingerprint density at radius 1 is 0.621 bits per heavy atom. The topological polar surface area (TPSA) is 241 Å². The average Bonchev–Trinajstić information content (AvgIpc) is 3.16. The zero-order valence-electron chi connectivity index (χ0n) is 30.5. The Morgan fingerprint density at radius 3 is 1.40 bits per heavy atom. The van der Waals surface area contributed by atoms with E-state index < -0.39 is 59.4 Å². The number of benzene rings is 4. The Labute approximate surface area is 324 Å². The van der Waals surface area contributed by atoms with Crippen LogP contribution in [0.3, 0.4) is 0 Å². The highest BCUT2D eigenvalue weighted by Crippen LogP contribution is 2.35. The van der Waals surface area contributed by atoms with Crippen molar-refractivity contribution in [2.75, 3.05) is 20.2 Å². The van der Waals surface area contributed by atoms with E-state index >= 15 is 0 Å². The van der Waals surface area contributed by atoms with E-state index in [0.717, 1.165) is 36.4 Å². The lowest BCUT2D eigenvalue weighted by Crippen LogP contribution is -2.30. The van der Waals surface area contributed by atoms with Crippen LogP contribution in [0, 0.1) is 37.1 Å². The molecule has 4 aromatic carbocycles. The van der Waals surface area contributed by atoms with Crippen LogP contribution in [0.25, 0.3) is 21.5 Å². The van der Waals surface area contributed by atoms with Gasteiger partial charge in [0.2, 0.25) is 0 Å². The van der Waals surface area contributed by atoms with Gasteiger partial charge in [-0.05, 0) is 50.2 Å². The molecule has 2 aromatic heterocycles. The maximum absolute atomic E-state index is 13.3. The van der Waals surface area contributed by atoms with Gasteiger partial charge in [0.25, 0.3) is 5.91 Å². The number of aliphatic carboxylic acids is 2. The number of fused-ring (bicyclic) bond motifs is 2. The van der Waals surface area contributed by atoms with Crippen molar-refractivity contribution in [2.24, 2.45) is 5.73 Å². The molecule has 0 aliphatic heterocycles. The number of methoxy groups -OCH3 is 1. The minimum Gasteiger partial charge on any atom is -0.505 e. The number of rotatable bonds is 9. The first kappa shape index (κ1) is 43.2. The molecule has 0 bridgehead atoms. The van der Waals surface area contributed by atoms with E-state index in [1.165, 1.54) is 37.4 Å². The summed E-state index contributed by atoms with van der Waals surface area (Å²) < 4.78 is 68.6. The second-order valence-corrected chi connectivity index (χ2v) is 11.8. The highest BCUT2D eigenvalue weighted by Gasteiger charge is 2.20. The van der Waals surface area contributed by atoms with Gasteiger partial charge in [-0.3, -0.25) is 14.4 Å². The van der Waals surface area contributed by atoms with E-state index in [0.29, 0.717) is 33.3 Å². The normalized spacial score (nSPS) is 10.4. The number of hydrogen-bond acceptors (Lipinski definition) is 12. The molecule has 0 saturated heterocycles. The van der Waals surface area contributed by atoms with Gasteiger partial charge in [-0.25, -0.2) is 32.3 Å². The molecule has 58 heavy (non-hydrogen) atoms. The van der Waals surface area contributed by atoms with E-state index in [2.05, 4.69) is 25.8 Å². The molecular formula is C39H32F4N4O11. The summed E-state index contributed by atoms with van der Waals surface area (Å²) in [5, 5.41) is 40.6. The number of ether oxygens (including phenoxy) is 3. The van der Waals surface area contributed by atoms with Crippen molar-refractivity contribution >= 4 is 45.4 Å². The number of nitrogens with two attached hydrogens (primary N) is 1. The van der Waals surface area contributed by atoms with Crippen LogP contribution in [0.5, 0.6) is 34.5 Å². The maximum atomic E-state index is 13.3. The molecule has 0 saturated carbocycles. The number of aryl methyl sites for hydroxylation is 2. The fourth-order valence-corrected chi connectivity index (χ4v) is 5.09. The molecule has 0 atom stereocenters. The molecule has 302 valence electrons. The van der Waals surface area contributed by atoms with Crippen molar-refractivity contribution in [3.05, 3.63) is 119 Å². The summed E-state index contributed by atoms with van der Waals surface area (Å²) in [6.45, 7) is 2.34. The van der Waals surface area contributed by atoms with Gasteiger partial charge in [0.1, 0.15) is 52.8 Å². The molecule has 19 heteroatoms. The van der Waals surface area contributed by atoms with Gasteiger partial charge in [0, 0.05) is 69.3 Å². The second-order valence-electron chi connectivity index (χ2n) is 11.8. The number of amides is 1. The van der Waals surface area contributed by atoms with Gasteiger partial charge < -0.3 is 45.7 Å². The summed E-state index contributed by atoms with van der Waals surface area (Å²) >= 11 is 0. The summed E-state index contributed by atoms with van der Waals surface area (Å²) in [5.41, 5.74) is 4.90. The summed E-state index contributed by atoms with van der Waals surface area (Å²) in [6, 6.07) is 14.6. The lowest BCUT2D eigenvalue weighted by molar-refractivity contribution is -0.136. The Morgan fingerprint density at radius 2 is 1.02 bits per heavy atom. The lowest BCUT2D eigenvalue weighted by atomic mass is 10.1. The zero-order valence-corrected chi connectivity index (χ0v) is 30.5. The van der Waals surface area contributed by atoms with Crippen LogP contribution in [0.1, 0.15) is 32.4 Å². The molecule has 15 nitrogen and oxygen atoms in total. The number of carbonyl (C=O) groups is 4. The molecule has 7 N–H and O–H groups in total. The van der Waals surface area contributed by atoms with Crippen LogP contribution < -0.4 is 20.5 Å². The molecule has 0 fully saturated rings. The summed E-state index contributed by atoms with van der Waals surface area (Å²) in [7, 11) is 1.19. The zero-order chi connectivity index (χ0) is 42.8. The number of aromatic hydroxyl groups is 2. The number of carboxylic acid groups (broad SMARTS) is 2. The number of carbonyl (C=O) groups excluding carboxylic acids is 2. The predicted octanol–water partition coefficient (Wildman–Crippen LogP) is 6.27. The Bertz CT molecular complexity index is 2510. The fraction of sp³-hybridized carbons (Fsp3) is 0.128. The second kappa shape index (κ2) is 18.9. The number of pyridine rings is 2. The van der Waals surface area contributed by atoms with E-state index in [9.17, 15) is 47.0 Å². The predicted molar refractivity (Wildman–Crippen MR) is 197 cm³/mol. The largest absolute Gasteiger partial charge is 0.505 e. The quantitative estimate of drug-likeness (QED) is 0.0697. The third kappa shape index (κ3) is 11.0. The maximum Gasteiger partial charge on any atom is 0.360 e. The van der Waals surface area contributed by atoms with E-state index in [1.807, 2.05) is 0 Å². The third-order valence-corrected chi connectivity index (χ3v) is 7.59. The van der Waals surface area contributed by atoms with Crippen molar-refractivity contribution in [3.8, 4) is 34.5 Å². The summed E-state index contributed by atoms with van der Waals surface area (Å²) in [5.74, 6) is -7.12. The van der Waals surface area contributed by atoms with Crippen LogP contribution in [0.2, 0.25) is 0 Å². The first-order valence-corrected chi connectivity index (χ1v) is 16.4. The van der Waals surface area contributed by atoms with Crippen molar-refractivity contribution in [1.82, 2.24) is 15.3 Å². The first-order chi connectivity index (χ1) is 27.4. The molecule has 0 spiro atoms. The number of halogens is 4. The van der Waals surface area contributed by atoms with Crippen molar-refractivity contribution in [3.63, 3.8) is 0 Å². The SMILES string of the molecule is COC(=O)c1nc(C)c2cc(Oc3cc(F)cc(F)c3)ccc2c1O.Cc1nc(C(=O)NCC(=O)O)c(O)c2ccc(Oc3cc(F)cc(F)c3)cc12.NCC(=O)O. The van der Waals surface area contributed by atoms with Crippen LogP contribution in [0.4, 0.5) is 17.6 Å². The standard InChI is InChI=1S/C19H14F2N2O5.C18H13F2NO4.C2H5NO2/c1-9-15-7-12(28-13-5-10(20)4-11(21)6-13)2-3-14(15)18(26)17(23-9)19(27)22-8-16(24)25;1-9-15-8-12(25-13-6-10(19)5-11(20)7-13)3-4-14(15)17(22)16(21-9)18(23)24-2;3-1-2(4)5/h2-7,26H,8H2,1H3,(H,22,27)(H,24,25);3-8,22H,1-2H3;1,3H2,(H,4,5). The fourth-order valence-electron chi connectivity index (χ4n) is 5.09. The van der Waals surface area contributed by atoms with E-state index in [4.69, 9.17) is 19.7 Å². The average molecular weight is 809 g/mol. The summed E-state index contributed by atoms with van der Waals surface area (Å²) in [6.07, 6.45) is 0.